The minimum atomic E-state index is -1.41. The van der Waals surface area contributed by atoms with Gasteiger partial charge in [0, 0.05) is 0 Å². The van der Waals surface area contributed by atoms with Crippen molar-refractivity contribution in [2.24, 2.45) is 11.5 Å². The summed E-state index contributed by atoms with van der Waals surface area (Å²) in [6.45, 7) is 0.501. The van der Waals surface area contributed by atoms with Gasteiger partial charge in [0.05, 0.1) is 0 Å². The number of benzene rings is 1. The van der Waals surface area contributed by atoms with E-state index in [2.05, 4.69) is 0 Å². The molecule has 0 spiro atoms. The second-order valence-corrected chi connectivity index (χ2v) is 4.03. The van der Waals surface area contributed by atoms with Gasteiger partial charge in [0.1, 0.15) is 6.04 Å². The third-order valence-electron chi connectivity index (χ3n) is 2.39. The molecule has 0 aliphatic heterocycles. The first-order chi connectivity index (χ1) is 9.40. The molecule has 0 radical (unpaired) electrons. The highest BCUT2D eigenvalue weighted by molar-refractivity contribution is 5.74. The molecule has 0 aliphatic carbocycles. The average Bonchev–Trinajstić information content (AvgIpc) is 2.45. The van der Waals surface area contributed by atoms with Gasteiger partial charge in [-0.2, -0.15) is 0 Å². The van der Waals surface area contributed by atoms with Crippen molar-refractivity contribution in [2.45, 2.75) is 25.0 Å². The van der Waals surface area contributed by atoms with E-state index in [1.54, 1.807) is 30.3 Å². The third kappa shape index (κ3) is 7.47. The Kier molecular flexibility index (Phi) is 8.93. The van der Waals surface area contributed by atoms with Gasteiger partial charge in [0.25, 0.3) is 0 Å². The van der Waals surface area contributed by atoms with Crippen LogP contribution in [0.15, 0.2) is 30.3 Å². The van der Waals surface area contributed by atoms with Crippen LogP contribution in [0.2, 0.25) is 0 Å². The molecule has 0 fully saturated rings. The lowest BCUT2D eigenvalue weighted by molar-refractivity contribution is -0.147. The number of nitrogens with two attached hydrogens (primary N) is 2. The third-order valence-corrected chi connectivity index (χ3v) is 2.39. The Hall–Kier alpha value is -1.96. The highest BCUT2D eigenvalue weighted by Crippen LogP contribution is 2.10. The molecule has 1 rings (SSSR count). The van der Waals surface area contributed by atoms with Crippen LogP contribution in [0, 0.1) is 0 Å². The molecule has 7 nitrogen and oxygen atoms in total. The second-order valence-electron chi connectivity index (χ2n) is 4.03. The van der Waals surface area contributed by atoms with Gasteiger partial charge in [0.2, 0.25) is 0 Å². The van der Waals surface area contributed by atoms with Gasteiger partial charge >= 0.3 is 11.9 Å². The number of carbonyl (C=O) groups is 2. The summed E-state index contributed by atoms with van der Waals surface area (Å²) in [4.78, 5) is 20.3. The van der Waals surface area contributed by atoms with Gasteiger partial charge in [-0.3, -0.25) is 4.79 Å². The molecule has 1 aromatic rings. The van der Waals surface area contributed by atoms with E-state index >= 15 is 0 Å². The molecule has 0 aromatic heterocycles. The quantitative estimate of drug-likeness (QED) is 0.491. The predicted octanol–water partition coefficient (Wildman–Crippen LogP) is -0.0582. The summed E-state index contributed by atoms with van der Waals surface area (Å²) >= 11 is 0. The van der Waals surface area contributed by atoms with E-state index in [0.717, 1.165) is 0 Å². The first kappa shape index (κ1) is 18.0. The van der Waals surface area contributed by atoms with E-state index in [1.807, 2.05) is 0 Å². The lowest BCUT2D eigenvalue weighted by Gasteiger charge is -2.03. The fourth-order valence-electron chi connectivity index (χ4n) is 1.24. The summed E-state index contributed by atoms with van der Waals surface area (Å²) in [6.07, 6.45) is -0.268. The van der Waals surface area contributed by atoms with E-state index in [1.165, 1.54) is 0 Å². The minimum absolute atomic E-state index is 0.403. The SMILES string of the molecule is NCCC[C@@H](N)C(=O)O.O=C(O)[C@@H](O)c1ccccc1. The van der Waals surface area contributed by atoms with Gasteiger partial charge in [-0.1, -0.05) is 30.3 Å². The molecular formula is C13H20N2O5. The van der Waals surface area contributed by atoms with E-state index < -0.39 is 24.1 Å². The van der Waals surface area contributed by atoms with Crippen LogP contribution in [0.1, 0.15) is 24.5 Å². The number of hydrogen-bond acceptors (Lipinski definition) is 5. The lowest BCUT2D eigenvalue weighted by atomic mass is 10.1. The lowest BCUT2D eigenvalue weighted by Crippen LogP contribution is -2.30. The number of carboxylic acid groups (broad SMARTS) is 2. The van der Waals surface area contributed by atoms with Crippen molar-refractivity contribution in [2.75, 3.05) is 6.54 Å². The molecule has 112 valence electrons. The predicted molar refractivity (Wildman–Crippen MR) is 72.9 cm³/mol. The van der Waals surface area contributed by atoms with Crippen LogP contribution in [0.25, 0.3) is 0 Å². The van der Waals surface area contributed by atoms with Crippen molar-refractivity contribution < 1.29 is 24.9 Å². The van der Waals surface area contributed by atoms with Crippen molar-refractivity contribution in [1.29, 1.82) is 0 Å². The molecule has 7 heteroatoms. The van der Waals surface area contributed by atoms with E-state index in [4.69, 9.17) is 26.8 Å². The van der Waals surface area contributed by atoms with Crippen LogP contribution in [0.3, 0.4) is 0 Å². The van der Waals surface area contributed by atoms with Gasteiger partial charge in [-0.25, -0.2) is 4.79 Å². The first-order valence-corrected chi connectivity index (χ1v) is 6.04. The zero-order valence-corrected chi connectivity index (χ0v) is 11.0. The Morgan fingerprint density at radius 2 is 1.65 bits per heavy atom. The Balaban J connectivity index is 0.000000370. The standard InChI is InChI=1S/C8H8O3.C5H12N2O2/c9-7(8(10)11)6-4-2-1-3-5-6;6-3-1-2-4(7)5(8)9/h1-5,7,9H,(H,10,11);4H,1-3,6-7H2,(H,8,9)/t7-;4-/m01/s1. The largest absolute Gasteiger partial charge is 0.480 e. The first-order valence-electron chi connectivity index (χ1n) is 6.04. The summed E-state index contributed by atoms with van der Waals surface area (Å²) < 4.78 is 0. The van der Waals surface area contributed by atoms with Gasteiger partial charge in [0.15, 0.2) is 6.10 Å². The number of hydrogen-bond donors (Lipinski definition) is 5. The zero-order chi connectivity index (χ0) is 15.5. The fourth-order valence-corrected chi connectivity index (χ4v) is 1.24. The van der Waals surface area contributed by atoms with Crippen molar-refractivity contribution in [3.05, 3.63) is 35.9 Å². The molecule has 0 unspecified atom stereocenters. The van der Waals surface area contributed by atoms with Crippen LogP contribution in [-0.2, 0) is 9.59 Å². The van der Waals surface area contributed by atoms with Crippen LogP contribution < -0.4 is 11.5 Å². The number of rotatable bonds is 6. The summed E-state index contributed by atoms with van der Waals surface area (Å²) in [5, 5.41) is 25.6. The maximum Gasteiger partial charge on any atom is 0.337 e. The molecule has 0 amide bonds. The number of aliphatic carboxylic acids is 2. The molecule has 20 heavy (non-hydrogen) atoms. The molecule has 0 aliphatic rings. The van der Waals surface area contributed by atoms with E-state index in [0.29, 0.717) is 24.9 Å². The van der Waals surface area contributed by atoms with Gasteiger partial charge in [-0.05, 0) is 24.9 Å². The summed E-state index contributed by atoms with van der Waals surface area (Å²) in [5.41, 5.74) is 10.7. The van der Waals surface area contributed by atoms with Crippen LogP contribution in [0.5, 0.6) is 0 Å². The molecule has 2 atom stereocenters. The van der Waals surface area contributed by atoms with Crippen LogP contribution in [-0.4, -0.2) is 39.8 Å². The molecular weight excluding hydrogens is 264 g/mol. The number of aliphatic hydroxyl groups is 1. The maximum absolute atomic E-state index is 10.2. The summed E-state index contributed by atoms with van der Waals surface area (Å²) in [7, 11) is 0. The highest BCUT2D eigenvalue weighted by Gasteiger charge is 2.14. The monoisotopic (exact) mass is 284 g/mol. The van der Waals surface area contributed by atoms with E-state index in [9.17, 15) is 9.59 Å². The molecule has 0 heterocycles. The van der Waals surface area contributed by atoms with Crippen molar-refractivity contribution in [1.82, 2.24) is 0 Å². The molecule has 0 saturated heterocycles. The Morgan fingerprint density at radius 3 is 2.05 bits per heavy atom. The fraction of sp³-hybridized carbons (Fsp3) is 0.385. The second kappa shape index (κ2) is 9.90. The Morgan fingerprint density at radius 1 is 1.10 bits per heavy atom. The van der Waals surface area contributed by atoms with Gasteiger partial charge < -0.3 is 26.8 Å². The van der Waals surface area contributed by atoms with Crippen molar-refractivity contribution in [3.63, 3.8) is 0 Å². The van der Waals surface area contributed by atoms with Gasteiger partial charge in [-0.15, -0.1) is 0 Å². The van der Waals surface area contributed by atoms with Crippen LogP contribution >= 0.6 is 0 Å². The molecule has 7 N–H and O–H groups in total. The highest BCUT2D eigenvalue weighted by atomic mass is 16.4. The van der Waals surface area contributed by atoms with E-state index in [-0.39, 0.29) is 0 Å². The normalized spacial score (nSPS) is 12.8. The smallest absolute Gasteiger partial charge is 0.337 e. The number of aliphatic hydroxyl groups excluding tert-OH is 1. The molecule has 0 bridgehead atoms. The molecule has 1 aromatic carbocycles. The summed E-state index contributed by atoms with van der Waals surface area (Å²) in [6, 6.07) is 7.52. The maximum atomic E-state index is 10.2. The van der Waals surface area contributed by atoms with Crippen LogP contribution in [0.4, 0.5) is 0 Å². The van der Waals surface area contributed by atoms with Crippen molar-refractivity contribution in [3.8, 4) is 0 Å². The zero-order valence-electron chi connectivity index (χ0n) is 11.0. The van der Waals surface area contributed by atoms with Crippen molar-refractivity contribution >= 4 is 11.9 Å². The topological polar surface area (TPSA) is 147 Å². The Labute approximate surface area is 116 Å². The Bertz CT molecular complexity index is 410. The summed E-state index contributed by atoms with van der Waals surface area (Å²) in [5.74, 6) is -2.18. The minimum Gasteiger partial charge on any atom is -0.480 e. The average molecular weight is 284 g/mol. The molecule has 0 saturated carbocycles. The number of carboxylic acids is 2.